The first kappa shape index (κ1) is 23.7. The number of ether oxygens (including phenoxy) is 1. The summed E-state index contributed by atoms with van der Waals surface area (Å²) in [5.74, 6) is 0.0736. The molecule has 6 rings (SSSR count). The lowest BCUT2D eigenvalue weighted by Crippen LogP contribution is -2.58. The number of fused-ring (bicyclic) bond motifs is 1. The van der Waals surface area contributed by atoms with Crippen LogP contribution in [-0.4, -0.2) is 66.4 Å². The molecule has 2 aromatic carbocycles. The smallest absolute Gasteiger partial charge is 0.291 e. The van der Waals surface area contributed by atoms with Crippen molar-refractivity contribution in [2.75, 3.05) is 43.2 Å². The van der Waals surface area contributed by atoms with Crippen LogP contribution < -0.4 is 15.1 Å². The van der Waals surface area contributed by atoms with Gasteiger partial charge < -0.3 is 19.9 Å². The highest BCUT2D eigenvalue weighted by Crippen LogP contribution is 2.43. The van der Waals surface area contributed by atoms with Crippen LogP contribution in [0.2, 0.25) is 0 Å². The molecule has 2 saturated heterocycles. The Kier molecular flexibility index (Phi) is 6.16. The molecule has 4 heterocycles. The van der Waals surface area contributed by atoms with Gasteiger partial charge in [-0.1, -0.05) is 36.4 Å². The van der Waals surface area contributed by atoms with E-state index in [1.807, 2.05) is 30.3 Å². The van der Waals surface area contributed by atoms with Crippen molar-refractivity contribution in [3.8, 4) is 0 Å². The van der Waals surface area contributed by atoms with Gasteiger partial charge in [0, 0.05) is 56.6 Å². The molecule has 192 valence electrons. The number of benzene rings is 2. The minimum Gasteiger partial charge on any atom is -0.381 e. The van der Waals surface area contributed by atoms with Crippen LogP contribution in [0.1, 0.15) is 46.8 Å². The predicted molar refractivity (Wildman–Crippen MR) is 140 cm³/mol. The summed E-state index contributed by atoms with van der Waals surface area (Å²) in [6, 6.07) is 15.6. The molecule has 1 aromatic heterocycles. The number of carbonyl (C=O) groups is 2. The van der Waals surface area contributed by atoms with Gasteiger partial charge in [0.05, 0.1) is 0 Å². The fraction of sp³-hybridized carbons (Fsp3) is 0.429. The molecule has 2 amide bonds. The van der Waals surface area contributed by atoms with Gasteiger partial charge in [0.25, 0.3) is 5.91 Å². The third kappa shape index (κ3) is 4.71. The van der Waals surface area contributed by atoms with Gasteiger partial charge in [-0.05, 0) is 48.9 Å². The first-order chi connectivity index (χ1) is 18.0. The molecule has 3 aromatic rings. The SMILES string of the molecule is CN1C(=O)C(NC(=O)c2n[nH]c(Cc3ccccc3)n2)CCc2ccc(N3CC4(CCOCC4)C3)cc21. The number of rotatable bonds is 5. The maximum absolute atomic E-state index is 13.4. The molecule has 1 spiro atoms. The number of likely N-dealkylation sites (N-methyl/N-ethyl adjacent to an activating group) is 1. The lowest BCUT2D eigenvalue weighted by atomic mass is 9.73. The van der Waals surface area contributed by atoms with Gasteiger partial charge in [-0.3, -0.25) is 14.7 Å². The van der Waals surface area contributed by atoms with E-state index in [1.54, 1.807) is 11.9 Å². The fourth-order valence-corrected chi connectivity index (χ4v) is 5.74. The minimum absolute atomic E-state index is 0.0465. The van der Waals surface area contributed by atoms with E-state index in [-0.39, 0.29) is 11.7 Å². The number of amides is 2. The molecule has 0 bridgehead atoms. The molecule has 2 fully saturated rings. The summed E-state index contributed by atoms with van der Waals surface area (Å²) in [4.78, 5) is 34.7. The highest BCUT2D eigenvalue weighted by atomic mass is 16.5. The molecular weight excluding hydrogens is 468 g/mol. The summed E-state index contributed by atoms with van der Waals surface area (Å²) in [5, 5.41) is 9.79. The van der Waals surface area contributed by atoms with E-state index in [0.717, 1.165) is 61.6 Å². The highest BCUT2D eigenvalue weighted by molar-refractivity contribution is 6.02. The van der Waals surface area contributed by atoms with Gasteiger partial charge >= 0.3 is 0 Å². The predicted octanol–water partition coefficient (Wildman–Crippen LogP) is 2.72. The number of aryl methyl sites for hydroxylation is 1. The van der Waals surface area contributed by atoms with Crippen molar-refractivity contribution in [1.29, 1.82) is 0 Å². The van der Waals surface area contributed by atoms with Crippen LogP contribution in [-0.2, 0) is 22.4 Å². The highest BCUT2D eigenvalue weighted by Gasteiger charge is 2.44. The van der Waals surface area contributed by atoms with Crippen molar-refractivity contribution in [2.24, 2.45) is 5.41 Å². The Labute approximate surface area is 216 Å². The lowest BCUT2D eigenvalue weighted by molar-refractivity contribution is -0.120. The third-order valence-electron chi connectivity index (χ3n) is 7.99. The van der Waals surface area contributed by atoms with Crippen molar-refractivity contribution in [1.82, 2.24) is 20.5 Å². The van der Waals surface area contributed by atoms with Gasteiger partial charge in [-0.25, -0.2) is 4.98 Å². The first-order valence-corrected chi connectivity index (χ1v) is 13.0. The van der Waals surface area contributed by atoms with E-state index < -0.39 is 11.9 Å². The average Bonchev–Trinajstić information content (AvgIpc) is 3.34. The standard InChI is InChI=1S/C28H32N6O3/c1-33-23-16-21(34-17-28(18-34)11-13-37-14-12-28)9-7-20(23)8-10-22(27(33)36)29-26(35)25-30-24(31-32-25)15-19-5-3-2-4-6-19/h2-7,9,16,22H,8,10-15,17-18H2,1H3,(H,29,35)(H,30,31,32). The van der Waals surface area contributed by atoms with Gasteiger partial charge in [0.15, 0.2) is 0 Å². The van der Waals surface area contributed by atoms with Gasteiger partial charge in [0.2, 0.25) is 11.7 Å². The van der Waals surface area contributed by atoms with Gasteiger partial charge in [-0.2, -0.15) is 0 Å². The zero-order chi connectivity index (χ0) is 25.4. The van der Waals surface area contributed by atoms with Gasteiger partial charge in [0.1, 0.15) is 11.9 Å². The zero-order valence-electron chi connectivity index (χ0n) is 21.1. The summed E-state index contributed by atoms with van der Waals surface area (Å²) < 4.78 is 5.54. The fourth-order valence-electron chi connectivity index (χ4n) is 5.74. The summed E-state index contributed by atoms with van der Waals surface area (Å²) in [5.41, 5.74) is 4.62. The Balaban J connectivity index is 1.11. The number of nitrogens with one attached hydrogen (secondary N) is 2. The number of aromatic amines is 1. The first-order valence-electron chi connectivity index (χ1n) is 13.0. The molecule has 0 saturated carbocycles. The Bertz CT molecular complexity index is 1290. The van der Waals surface area contributed by atoms with Crippen LogP contribution in [0.4, 0.5) is 11.4 Å². The molecule has 9 heteroatoms. The Hall–Kier alpha value is -3.72. The van der Waals surface area contributed by atoms with Gasteiger partial charge in [-0.15, -0.1) is 5.10 Å². The van der Waals surface area contributed by atoms with Crippen molar-refractivity contribution in [3.63, 3.8) is 0 Å². The number of aromatic nitrogens is 3. The maximum Gasteiger partial charge on any atom is 0.291 e. The summed E-state index contributed by atoms with van der Waals surface area (Å²) in [6.07, 6.45) is 4.01. The molecule has 0 aliphatic carbocycles. The molecule has 0 radical (unpaired) electrons. The topological polar surface area (TPSA) is 103 Å². The van der Waals surface area contributed by atoms with Crippen LogP contribution in [0.5, 0.6) is 0 Å². The third-order valence-corrected chi connectivity index (χ3v) is 7.99. The normalized spacial score (nSPS) is 20.8. The summed E-state index contributed by atoms with van der Waals surface area (Å²) >= 11 is 0. The summed E-state index contributed by atoms with van der Waals surface area (Å²) in [7, 11) is 1.79. The van der Waals surface area contributed by atoms with Crippen molar-refractivity contribution >= 4 is 23.2 Å². The Morgan fingerprint density at radius 2 is 1.95 bits per heavy atom. The molecule has 37 heavy (non-hydrogen) atoms. The summed E-state index contributed by atoms with van der Waals surface area (Å²) in [6.45, 7) is 3.78. The molecular formula is C28H32N6O3. The van der Waals surface area contributed by atoms with E-state index in [9.17, 15) is 9.59 Å². The van der Waals surface area contributed by atoms with Crippen LogP contribution in [0.3, 0.4) is 0 Å². The second kappa shape index (κ2) is 9.63. The molecule has 1 unspecified atom stereocenters. The molecule has 1 atom stereocenters. The van der Waals surface area contributed by atoms with Crippen LogP contribution in [0.25, 0.3) is 0 Å². The monoisotopic (exact) mass is 500 g/mol. The van der Waals surface area contributed by atoms with E-state index in [4.69, 9.17) is 4.74 Å². The average molecular weight is 501 g/mol. The zero-order valence-corrected chi connectivity index (χ0v) is 21.1. The van der Waals surface area contributed by atoms with E-state index >= 15 is 0 Å². The quantitative estimate of drug-likeness (QED) is 0.559. The van der Waals surface area contributed by atoms with Crippen molar-refractivity contribution < 1.29 is 14.3 Å². The second-order valence-electron chi connectivity index (χ2n) is 10.5. The largest absolute Gasteiger partial charge is 0.381 e. The number of anilines is 2. The van der Waals surface area contributed by atoms with Crippen LogP contribution in [0.15, 0.2) is 48.5 Å². The van der Waals surface area contributed by atoms with Crippen LogP contribution >= 0.6 is 0 Å². The van der Waals surface area contributed by atoms with E-state index in [1.165, 1.54) is 0 Å². The molecule has 2 N–H and O–H groups in total. The number of carbonyl (C=O) groups excluding carboxylic acids is 2. The van der Waals surface area contributed by atoms with Crippen LogP contribution in [0, 0.1) is 5.41 Å². The maximum atomic E-state index is 13.4. The Morgan fingerprint density at radius 3 is 2.73 bits per heavy atom. The molecule has 3 aliphatic heterocycles. The number of hydrogen-bond donors (Lipinski definition) is 2. The lowest BCUT2D eigenvalue weighted by Gasteiger charge is -2.53. The van der Waals surface area contributed by atoms with Crippen molar-refractivity contribution in [2.45, 2.75) is 38.1 Å². The molecule has 9 nitrogen and oxygen atoms in total. The molecule has 3 aliphatic rings. The number of H-pyrrole nitrogens is 1. The second-order valence-corrected chi connectivity index (χ2v) is 10.5. The minimum atomic E-state index is -0.640. The van der Waals surface area contributed by atoms with Crippen molar-refractivity contribution in [3.05, 3.63) is 71.3 Å². The van der Waals surface area contributed by atoms with E-state index in [2.05, 4.69) is 43.6 Å². The number of nitrogens with zero attached hydrogens (tertiary/aromatic N) is 4. The van der Waals surface area contributed by atoms with E-state index in [0.29, 0.717) is 30.5 Å². The number of hydrogen-bond acceptors (Lipinski definition) is 6. The Morgan fingerprint density at radius 1 is 1.16 bits per heavy atom.